The van der Waals surface area contributed by atoms with Gasteiger partial charge >= 0.3 is 0 Å². The normalized spacial score (nSPS) is 14.7. The van der Waals surface area contributed by atoms with E-state index in [2.05, 4.69) is 0 Å². The van der Waals surface area contributed by atoms with Crippen LogP contribution in [0.5, 0.6) is 0 Å². The Hall–Kier alpha value is 0.815. The molecule has 11 heavy (non-hydrogen) atoms. The van der Waals surface area contributed by atoms with Gasteiger partial charge in [-0.15, -0.1) is 10.8 Å². The predicted molar refractivity (Wildman–Crippen MR) is 57.1 cm³/mol. The largest absolute Gasteiger partial charge is 0.335 e. The van der Waals surface area contributed by atoms with Crippen molar-refractivity contribution < 1.29 is 0 Å². The number of hydrogen-bond donors (Lipinski definition) is 2. The first-order chi connectivity index (χ1) is 4.98. The summed E-state index contributed by atoms with van der Waals surface area (Å²) in [5, 5.41) is 0. The van der Waals surface area contributed by atoms with E-state index in [0.717, 1.165) is 0 Å². The molecule has 0 fully saturated rings. The summed E-state index contributed by atoms with van der Waals surface area (Å²) >= 11 is 0. The van der Waals surface area contributed by atoms with E-state index in [1.165, 1.54) is 21.6 Å². The van der Waals surface area contributed by atoms with Gasteiger partial charge in [0.15, 0.2) is 0 Å². The first-order valence-electron chi connectivity index (χ1n) is 3.07. The van der Waals surface area contributed by atoms with Gasteiger partial charge < -0.3 is 11.5 Å². The fraction of sp³-hybridized carbons (Fsp3) is 1.00. The van der Waals surface area contributed by atoms with Crippen LogP contribution in [-0.4, -0.2) is 46.3 Å². The molecule has 0 aromatic rings. The van der Waals surface area contributed by atoms with Crippen molar-refractivity contribution in [3.8, 4) is 0 Å². The summed E-state index contributed by atoms with van der Waals surface area (Å²) in [7, 11) is 19.0. The van der Waals surface area contributed by atoms with Crippen LogP contribution in [0.15, 0.2) is 0 Å². The van der Waals surface area contributed by atoms with Crippen LogP contribution in [0.3, 0.4) is 0 Å². The highest BCUT2D eigenvalue weighted by Gasteiger charge is 2.15. The summed E-state index contributed by atoms with van der Waals surface area (Å²) in [6.07, 6.45) is 0. The van der Waals surface area contributed by atoms with Crippen molar-refractivity contribution in [3.63, 3.8) is 0 Å². The van der Waals surface area contributed by atoms with E-state index in [1.807, 2.05) is 0 Å². The van der Waals surface area contributed by atoms with E-state index in [9.17, 15) is 0 Å². The van der Waals surface area contributed by atoms with E-state index in [4.69, 9.17) is 35.0 Å². The lowest BCUT2D eigenvalue weighted by molar-refractivity contribution is 1.04. The summed E-state index contributed by atoms with van der Waals surface area (Å²) in [4.78, 5) is 0. The zero-order valence-electron chi connectivity index (χ0n) is 6.19. The van der Waals surface area contributed by atoms with E-state index in [0.29, 0.717) is 5.75 Å². The molecule has 7 heteroatoms. The van der Waals surface area contributed by atoms with Crippen LogP contribution in [0.2, 0.25) is 0 Å². The number of rotatable bonds is 5. The fourth-order valence-electron chi connectivity index (χ4n) is 0.256. The third-order valence-corrected chi connectivity index (χ3v) is 3.60. The molecule has 0 aliphatic carbocycles. The van der Waals surface area contributed by atoms with Crippen LogP contribution in [0, 0.1) is 0 Å². The van der Waals surface area contributed by atoms with E-state index < -0.39 is 4.55 Å². The molecule has 1 atom stereocenters. The molecule has 6 radical (unpaired) electrons. The first kappa shape index (κ1) is 11.8. The highest BCUT2D eigenvalue weighted by molar-refractivity contribution is 8.77. The van der Waals surface area contributed by atoms with Gasteiger partial charge in [-0.3, -0.25) is 0 Å². The zero-order valence-corrected chi connectivity index (χ0v) is 7.83. The van der Waals surface area contributed by atoms with E-state index in [1.54, 1.807) is 0 Å². The smallest absolute Gasteiger partial charge is 0.0914 e. The summed E-state index contributed by atoms with van der Waals surface area (Å²) in [5.41, 5.74) is 10.6. The van der Waals surface area contributed by atoms with Crippen LogP contribution in [-0.2, 0) is 0 Å². The Balaban J connectivity index is 3.38. The highest BCUT2D eigenvalue weighted by Crippen LogP contribution is 2.30. The molecule has 0 amide bonds. The second-order valence-electron chi connectivity index (χ2n) is 2.19. The van der Waals surface area contributed by atoms with Crippen LogP contribution >= 0.6 is 21.6 Å². The first-order valence-corrected chi connectivity index (χ1v) is 5.39. The van der Waals surface area contributed by atoms with Gasteiger partial charge in [0.2, 0.25) is 0 Å². The van der Waals surface area contributed by atoms with Crippen molar-refractivity contribution in [2.75, 3.05) is 12.3 Å². The standard InChI is InChI=1S/C4H9B3N2S2/c5-3(9)1-10-11-4(6,7)2-8/h3H,1-2,8-9H2. The van der Waals surface area contributed by atoms with Gasteiger partial charge in [-0.25, -0.2) is 0 Å². The molecule has 0 rings (SSSR count). The summed E-state index contributed by atoms with van der Waals surface area (Å²) in [5.74, 6) is 0.280. The van der Waals surface area contributed by atoms with Crippen LogP contribution < -0.4 is 11.5 Å². The molecule has 0 spiro atoms. The lowest BCUT2D eigenvalue weighted by Gasteiger charge is -2.21. The zero-order chi connectivity index (χ0) is 8.91. The number of hydrogen-bond acceptors (Lipinski definition) is 4. The molecule has 56 valence electrons. The minimum Gasteiger partial charge on any atom is -0.335 e. The molecule has 0 heterocycles. The maximum atomic E-state index is 5.52. The third kappa shape index (κ3) is 7.18. The van der Waals surface area contributed by atoms with Crippen molar-refractivity contribution in [2.45, 2.75) is 10.5 Å². The highest BCUT2D eigenvalue weighted by atomic mass is 33.1. The maximum Gasteiger partial charge on any atom is 0.0914 e. The number of nitrogens with two attached hydrogens (primary N) is 2. The van der Waals surface area contributed by atoms with Crippen molar-refractivity contribution >= 4 is 45.1 Å². The Morgan fingerprint density at radius 3 is 2.36 bits per heavy atom. The van der Waals surface area contributed by atoms with Crippen LogP contribution in [0.25, 0.3) is 0 Å². The van der Waals surface area contributed by atoms with Crippen LogP contribution in [0.4, 0.5) is 0 Å². The molecule has 4 N–H and O–H groups in total. The van der Waals surface area contributed by atoms with E-state index in [-0.39, 0.29) is 12.5 Å². The van der Waals surface area contributed by atoms with Crippen molar-refractivity contribution in [1.82, 2.24) is 0 Å². The van der Waals surface area contributed by atoms with Crippen molar-refractivity contribution in [2.24, 2.45) is 11.5 Å². The second-order valence-corrected chi connectivity index (χ2v) is 4.89. The molecule has 0 aromatic heterocycles. The van der Waals surface area contributed by atoms with Gasteiger partial charge in [-0.2, -0.15) is 0 Å². The van der Waals surface area contributed by atoms with Crippen LogP contribution in [0.1, 0.15) is 0 Å². The Kier molecular flexibility index (Phi) is 5.86. The topological polar surface area (TPSA) is 52.0 Å². The Bertz CT molecular complexity index is 112. The van der Waals surface area contributed by atoms with Gasteiger partial charge in [0, 0.05) is 5.75 Å². The molecular weight excluding hydrogens is 173 g/mol. The molecular formula is C4H9B3N2S2. The maximum absolute atomic E-state index is 5.52. The van der Waals surface area contributed by atoms with E-state index >= 15 is 0 Å². The average Bonchev–Trinajstić information content (AvgIpc) is 1.87. The predicted octanol–water partition coefficient (Wildman–Crippen LogP) is -1.23. The third-order valence-electron chi connectivity index (χ3n) is 0.794. The van der Waals surface area contributed by atoms with Gasteiger partial charge in [0.05, 0.1) is 23.5 Å². The quantitative estimate of drug-likeness (QED) is 0.412. The lowest BCUT2D eigenvalue weighted by atomic mass is 9.70. The molecule has 0 saturated carbocycles. The summed E-state index contributed by atoms with van der Waals surface area (Å²) in [6, 6.07) is 0. The SMILES string of the molecule is [B]C(N)CSSC([B])([B])CN. The minimum absolute atomic E-state index is 0.227. The molecule has 0 bridgehead atoms. The summed E-state index contributed by atoms with van der Waals surface area (Å²) in [6.45, 7) is 0.227. The molecule has 0 aliphatic heterocycles. The van der Waals surface area contributed by atoms with Crippen molar-refractivity contribution in [1.29, 1.82) is 0 Å². The minimum atomic E-state index is -0.875. The Morgan fingerprint density at radius 1 is 1.45 bits per heavy atom. The lowest BCUT2D eigenvalue weighted by Crippen LogP contribution is -2.34. The van der Waals surface area contributed by atoms with Gasteiger partial charge in [0.25, 0.3) is 0 Å². The fourth-order valence-corrected chi connectivity index (χ4v) is 2.31. The Labute approximate surface area is 79.6 Å². The Morgan fingerprint density at radius 2 is 2.00 bits per heavy atom. The molecule has 1 unspecified atom stereocenters. The molecule has 0 aromatic carbocycles. The summed E-state index contributed by atoms with van der Waals surface area (Å²) < 4.78 is -0.875. The average molecular weight is 182 g/mol. The van der Waals surface area contributed by atoms with Gasteiger partial charge in [-0.1, -0.05) is 10.8 Å². The van der Waals surface area contributed by atoms with Crippen molar-refractivity contribution in [3.05, 3.63) is 0 Å². The molecule has 0 saturated heterocycles. The van der Waals surface area contributed by atoms with Gasteiger partial charge in [-0.05, 0) is 17.0 Å². The second kappa shape index (κ2) is 5.46. The molecule has 2 nitrogen and oxygen atoms in total. The van der Waals surface area contributed by atoms with Gasteiger partial charge in [0.1, 0.15) is 0 Å². The molecule has 0 aliphatic rings. The monoisotopic (exact) mass is 182 g/mol.